The molecule has 0 bridgehead atoms. The Hall–Kier alpha value is -3.13. The van der Waals surface area contributed by atoms with Gasteiger partial charge in [-0.15, -0.1) is 0 Å². The normalized spacial score (nSPS) is 12.6. The van der Waals surface area contributed by atoms with Crippen LogP contribution in [0, 0.1) is 41.5 Å². The Labute approximate surface area is 185 Å². The van der Waals surface area contributed by atoms with Gasteiger partial charge in [-0.1, -0.05) is 59.7 Å². The lowest BCUT2D eigenvalue weighted by Gasteiger charge is -2.17. The summed E-state index contributed by atoms with van der Waals surface area (Å²) < 4.78 is 4.92. The van der Waals surface area contributed by atoms with Gasteiger partial charge in [0.1, 0.15) is 11.4 Å². The smallest absolute Gasteiger partial charge is 0.198 e. The standard InChI is InChI=1S/C29H31N2/c1-18-13-20(3)27(21(4)14-18)30-17-31(28-22(5)15-19(2)16-23(28)6)29-25-10-8-7-9-24(25)11-12-26(29)30/h7-10,13-17H,11-12H2,1-6H3/q+1. The summed E-state index contributed by atoms with van der Waals surface area (Å²) in [6.07, 6.45) is 4.47. The third-order valence-electron chi connectivity index (χ3n) is 6.69. The number of hydrogen-bond donors (Lipinski definition) is 0. The van der Waals surface area contributed by atoms with E-state index in [9.17, 15) is 0 Å². The van der Waals surface area contributed by atoms with Crippen LogP contribution in [0.2, 0.25) is 0 Å². The van der Waals surface area contributed by atoms with Gasteiger partial charge in [0, 0.05) is 12.0 Å². The van der Waals surface area contributed by atoms with Gasteiger partial charge >= 0.3 is 0 Å². The third kappa shape index (κ3) is 3.13. The molecule has 1 heterocycles. The first kappa shape index (κ1) is 19.8. The number of aryl methyl sites for hydroxylation is 7. The minimum atomic E-state index is 1.05. The number of rotatable bonds is 2. The van der Waals surface area contributed by atoms with E-state index in [1.807, 2.05) is 0 Å². The Morgan fingerprint density at radius 2 is 1.29 bits per heavy atom. The lowest BCUT2D eigenvalue weighted by atomic mass is 9.91. The highest BCUT2D eigenvalue weighted by molar-refractivity contribution is 5.68. The monoisotopic (exact) mass is 407 g/mol. The van der Waals surface area contributed by atoms with E-state index in [1.54, 1.807) is 0 Å². The Morgan fingerprint density at radius 1 is 0.710 bits per heavy atom. The van der Waals surface area contributed by atoms with Gasteiger partial charge in [0.05, 0.1) is 0 Å². The second kappa shape index (κ2) is 7.23. The van der Waals surface area contributed by atoms with E-state index in [-0.39, 0.29) is 0 Å². The van der Waals surface area contributed by atoms with Crippen molar-refractivity contribution >= 4 is 0 Å². The van der Waals surface area contributed by atoms with Crippen molar-refractivity contribution < 1.29 is 4.57 Å². The van der Waals surface area contributed by atoms with Gasteiger partial charge in [0.25, 0.3) is 6.33 Å². The molecule has 2 nitrogen and oxygen atoms in total. The molecule has 1 aliphatic carbocycles. The van der Waals surface area contributed by atoms with E-state index in [2.05, 4.69) is 106 Å². The molecule has 31 heavy (non-hydrogen) atoms. The quantitative estimate of drug-likeness (QED) is 0.341. The minimum Gasteiger partial charge on any atom is -0.198 e. The van der Waals surface area contributed by atoms with Gasteiger partial charge in [-0.05, 0) is 75.8 Å². The lowest BCUT2D eigenvalue weighted by Crippen LogP contribution is -2.34. The van der Waals surface area contributed by atoms with Crippen LogP contribution in [-0.2, 0) is 12.8 Å². The summed E-state index contributed by atoms with van der Waals surface area (Å²) in [5.74, 6) is 0. The average molecular weight is 408 g/mol. The minimum absolute atomic E-state index is 1.05. The molecule has 0 saturated carbocycles. The first-order valence-corrected chi connectivity index (χ1v) is 11.3. The third-order valence-corrected chi connectivity index (χ3v) is 6.69. The fourth-order valence-corrected chi connectivity index (χ4v) is 5.71. The Bertz CT molecular complexity index is 1290. The van der Waals surface area contributed by atoms with Gasteiger partial charge in [-0.3, -0.25) is 0 Å². The second-order valence-electron chi connectivity index (χ2n) is 9.30. The maximum atomic E-state index is 2.47. The molecule has 4 aromatic rings. The molecule has 3 aromatic carbocycles. The SMILES string of the molecule is Cc1cc(C)c(-n2c[n+](-c3c(C)cc(C)cc3C)c3c2CCc2ccccc2-3)c(C)c1. The van der Waals surface area contributed by atoms with Gasteiger partial charge in [-0.25, -0.2) is 0 Å². The number of hydrogen-bond acceptors (Lipinski definition) is 0. The van der Waals surface area contributed by atoms with Crippen molar-refractivity contribution in [3.8, 4) is 22.6 Å². The molecule has 156 valence electrons. The van der Waals surface area contributed by atoms with Crippen LogP contribution in [0.5, 0.6) is 0 Å². The summed E-state index contributed by atoms with van der Waals surface area (Å²) in [5.41, 5.74) is 16.1. The van der Waals surface area contributed by atoms with Crippen molar-refractivity contribution in [1.82, 2.24) is 4.57 Å². The zero-order valence-corrected chi connectivity index (χ0v) is 19.5. The van der Waals surface area contributed by atoms with Gasteiger partial charge in [0.2, 0.25) is 0 Å². The number of benzene rings is 3. The van der Waals surface area contributed by atoms with Crippen LogP contribution in [0.4, 0.5) is 0 Å². The van der Waals surface area contributed by atoms with E-state index in [1.165, 1.54) is 67.3 Å². The number of fused-ring (bicyclic) bond motifs is 3. The Balaban J connectivity index is 1.88. The van der Waals surface area contributed by atoms with E-state index < -0.39 is 0 Å². The molecule has 1 aliphatic rings. The first-order valence-electron chi connectivity index (χ1n) is 11.3. The van der Waals surface area contributed by atoms with Crippen molar-refractivity contribution in [3.05, 3.63) is 99.5 Å². The molecular weight excluding hydrogens is 376 g/mol. The molecule has 0 N–H and O–H groups in total. The van der Waals surface area contributed by atoms with Crippen LogP contribution in [0.15, 0.2) is 54.9 Å². The molecule has 0 unspecified atom stereocenters. The molecule has 0 fully saturated rings. The highest BCUT2D eigenvalue weighted by atomic mass is 15.2. The molecular formula is C29H31N2+. The lowest BCUT2D eigenvalue weighted by molar-refractivity contribution is -0.584. The Kier molecular flexibility index (Phi) is 4.62. The molecule has 1 aromatic heterocycles. The number of nitrogens with zero attached hydrogens (tertiary/aromatic N) is 2. The van der Waals surface area contributed by atoms with Crippen molar-refractivity contribution in [2.75, 3.05) is 0 Å². The van der Waals surface area contributed by atoms with E-state index in [0.717, 1.165) is 12.8 Å². The molecule has 0 radical (unpaired) electrons. The number of aromatic nitrogens is 2. The fraction of sp³-hybridized carbons (Fsp3) is 0.276. The van der Waals surface area contributed by atoms with Crippen LogP contribution in [-0.4, -0.2) is 4.57 Å². The van der Waals surface area contributed by atoms with Crippen LogP contribution in [0.25, 0.3) is 22.6 Å². The van der Waals surface area contributed by atoms with Crippen LogP contribution in [0.3, 0.4) is 0 Å². The molecule has 2 heteroatoms. The zero-order chi connectivity index (χ0) is 21.9. The summed E-state index contributed by atoms with van der Waals surface area (Å²) in [5, 5.41) is 0. The first-order chi connectivity index (χ1) is 14.8. The predicted molar refractivity (Wildman–Crippen MR) is 129 cm³/mol. The predicted octanol–water partition coefficient (Wildman–Crippen LogP) is 6.37. The molecule has 0 saturated heterocycles. The van der Waals surface area contributed by atoms with Crippen LogP contribution < -0.4 is 4.57 Å². The Morgan fingerprint density at radius 3 is 1.94 bits per heavy atom. The van der Waals surface area contributed by atoms with Crippen LogP contribution in [0.1, 0.15) is 44.6 Å². The highest BCUT2D eigenvalue weighted by Crippen LogP contribution is 2.35. The van der Waals surface area contributed by atoms with E-state index in [4.69, 9.17) is 0 Å². The number of imidazole rings is 1. The second-order valence-corrected chi connectivity index (χ2v) is 9.30. The van der Waals surface area contributed by atoms with E-state index >= 15 is 0 Å². The maximum Gasteiger partial charge on any atom is 0.254 e. The highest BCUT2D eigenvalue weighted by Gasteiger charge is 2.33. The van der Waals surface area contributed by atoms with Crippen molar-refractivity contribution in [1.29, 1.82) is 0 Å². The zero-order valence-electron chi connectivity index (χ0n) is 19.5. The molecule has 0 amide bonds. The average Bonchev–Trinajstić information content (AvgIpc) is 3.06. The van der Waals surface area contributed by atoms with Gasteiger partial charge in [0.15, 0.2) is 11.4 Å². The van der Waals surface area contributed by atoms with Crippen molar-refractivity contribution in [2.24, 2.45) is 0 Å². The summed E-state index contributed by atoms with van der Waals surface area (Å²) in [7, 11) is 0. The summed E-state index contributed by atoms with van der Waals surface area (Å²) in [6, 6.07) is 18.1. The topological polar surface area (TPSA) is 8.81 Å². The van der Waals surface area contributed by atoms with Gasteiger partial charge in [-0.2, -0.15) is 9.13 Å². The maximum absolute atomic E-state index is 2.47. The van der Waals surface area contributed by atoms with Crippen molar-refractivity contribution in [3.63, 3.8) is 0 Å². The molecule has 0 atom stereocenters. The van der Waals surface area contributed by atoms with E-state index in [0.29, 0.717) is 0 Å². The molecule has 0 aliphatic heterocycles. The van der Waals surface area contributed by atoms with Crippen LogP contribution >= 0.6 is 0 Å². The summed E-state index contributed by atoms with van der Waals surface area (Å²) in [4.78, 5) is 0. The molecule has 0 spiro atoms. The van der Waals surface area contributed by atoms with Crippen molar-refractivity contribution in [2.45, 2.75) is 54.4 Å². The summed E-state index contributed by atoms with van der Waals surface area (Å²) in [6.45, 7) is 13.3. The molecule has 5 rings (SSSR count). The summed E-state index contributed by atoms with van der Waals surface area (Å²) >= 11 is 0. The fourth-order valence-electron chi connectivity index (χ4n) is 5.71. The largest absolute Gasteiger partial charge is 0.254 e. The van der Waals surface area contributed by atoms with Gasteiger partial charge < -0.3 is 0 Å².